The highest BCUT2D eigenvalue weighted by atomic mass is 19.1. The van der Waals surface area contributed by atoms with Crippen LogP contribution in [0, 0.1) is 5.82 Å². The molecule has 0 atom stereocenters. The van der Waals surface area contributed by atoms with Gasteiger partial charge >= 0.3 is 0 Å². The molecule has 9 heteroatoms. The third-order valence-corrected chi connectivity index (χ3v) is 4.86. The number of aliphatic hydroxyl groups excluding tert-OH is 1. The molecule has 0 aliphatic rings. The van der Waals surface area contributed by atoms with Gasteiger partial charge < -0.3 is 10.8 Å². The van der Waals surface area contributed by atoms with Gasteiger partial charge in [0.1, 0.15) is 23.5 Å². The molecule has 4 heterocycles. The number of imidazole rings is 1. The normalized spacial score (nSPS) is 11.2. The molecule has 0 saturated carbocycles. The smallest absolute Gasteiger partial charge is 0.165 e. The van der Waals surface area contributed by atoms with E-state index in [9.17, 15) is 9.50 Å². The van der Waals surface area contributed by atoms with Crippen molar-refractivity contribution in [3.05, 3.63) is 78.6 Å². The van der Waals surface area contributed by atoms with Crippen LogP contribution in [0.5, 0.6) is 0 Å². The Labute approximate surface area is 175 Å². The molecular weight excluding hydrogens is 397 g/mol. The van der Waals surface area contributed by atoms with E-state index in [1.807, 2.05) is 34.9 Å². The second kappa shape index (κ2) is 7.54. The van der Waals surface area contributed by atoms with E-state index in [2.05, 4.69) is 15.0 Å². The molecule has 3 N–H and O–H groups in total. The van der Waals surface area contributed by atoms with Crippen molar-refractivity contribution in [2.45, 2.75) is 6.61 Å². The number of anilines is 1. The van der Waals surface area contributed by atoms with E-state index in [1.54, 1.807) is 18.3 Å². The molecule has 5 rings (SSSR count). The number of aliphatic hydroxyl groups is 1. The topological polar surface area (TPSA) is 116 Å². The van der Waals surface area contributed by atoms with Crippen molar-refractivity contribution in [3.8, 4) is 28.5 Å². The Morgan fingerprint density at radius 3 is 2.42 bits per heavy atom. The van der Waals surface area contributed by atoms with Crippen LogP contribution in [0.4, 0.5) is 10.2 Å². The highest BCUT2D eigenvalue weighted by molar-refractivity contribution is 5.84. The maximum absolute atomic E-state index is 13.3. The molecule has 152 valence electrons. The Bertz CT molecular complexity index is 1380. The minimum absolute atomic E-state index is 0.0596. The zero-order valence-corrected chi connectivity index (χ0v) is 16.1. The predicted molar refractivity (Wildman–Crippen MR) is 113 cm³/mol. The molecule has 0 aliphatic carbocycles. The summed E-state index contributed by atoms with van der Waals surface area (Å²) in [6, 6.07) is 13.9. The molecule has 0 unspecified atom stereocenters. The summed E-state index contributed by atoms with van der Waals surface area (Å²) in [6.07, 6.45) is 4.13. The van der Waals surface area contributed by atoms with Gasteiger partial charge in [0, 0.05) is 11.9 Å². The largest absolute Gasteiger partial charge is 0.392 e. The number of fused-ring (bicyclic) bond motifs is 1. The molecule has 8 nitrogen and oxygen atoms in total. The van der Waals surface area contributed by atoms with Crippen molar-refractivity contribution in [2.75, 3.05) is 5.73 Å². The fraction of sp³-hybridized carbons (Fsp3) is 0.0455. The summed E-state index contributed by atoms with van der Waals surface area (Å²) in [5.41, 5.74) is 10.5. The lowest BCUT2D eigenvalue weighted by Crippen LogP contribution is -2.03. The second-order valence-electron chi connectivity index (χ2n) is 6.82. The highest BCUT2D eigenvalue weighted by Gasteiger charge is 2.19. The van der Waals surface area contributed by atoms with E-state index >= 15 is 0 Å². The summed E-state index contributed by atoms with van der Waals surface area (Å²) in [6.45, 7) is -0.0596. The maximum atomic E-state index is 13.3. The number of pyridine rings is 2. The number of nitrogens with two attached hydrogens (primary N) is 1. The molecule has 0 spiro atoms. The van der Waals surface area contributed by atoms with E-state index < -0.39 is 5.82 Å². The first-order chi connectivity index (χ1) is 15.1. The summed E-state index contributed by atoms with van der Waals surface area (Å²) >= 11 is 0. The molecule has 0 radical (unpaired) electrons. The highest BCUT2D eigenvalue weighted by Crippen LogP contribution is 2.31. The summed E-state index contributed by atoms with van der Waals surface area (Å²) in [7, 11) is 0. The van der Waals surface area contributed by atoms with Crippen LogP contribution in [0.3, 0.4) is 0 Å². The summed E-state index contributed by atoms with van der Waals surface area (Å²) in [4.78, 5) is 21.8. The Morgan fingerprint density at radius 1 is 0.903 bits per heavy atom. The van der Waals surface area contributed by atoms with Gasteiger partial charge in [-0.3, -0.25) is 9.55 Å². The third-order valence-electron chi connectivity index (χ3n) is 4.86. The first kappa shape index (κ1) is 18.8. The minimum atomic E-state index is -0.416. The van der Waals surface area contributed by atoms with Crippen molar-refractivity contribution in [2.24, 2.45) is 0 Å². The van der Waals surface area contributed by atoms with Crippen LogP contribution in [0.15, 0.2) is 67.3 Å². The number of hydrogen-bond donors (Lipinski definition) is 2. The quantitative estimate of drug-likeness (QED) is 0.465. The second-order valence-corrected chi connectivity index (χ2v) is 6.82. The van der Waals surface area contributed by atoms with Crippen LogP contribution < -0.4 is 5.73 Å². The van der Waals surface area contributed by atoms with Gasteiger partial charge in [-0.05, 0) is 42.0 Å². The number of hydrogen-bond acceptors (Lipinski definition) is 7. The fourth-order valence-electron chi connectivity index (χ4n) is 3.31. The lowest BCUT2D eigenvalue weighted by atomic mass is 10.2. The average molecular weight is 413 g/mol. The van der Waals surface area contributed by atoms with Gasteiger partial charge in [0.05, 0.1) is 29.8 Å². The summed E-state index contributed by atoms with van der Waals surface area (Å²) in [5, 5.41) is 9.38. The summed E-state index contributed by atoms with van der Waals surface area (Å²) in [5.74, 6) is 0.404. The number of rotatable bonds is 4. The first-order valence-corrected chi connectivity index (χ1v) is 9.41. The zero-order chi connectivity index (χ0) is 21.4. The number of nitrogens with zero attached hydrogens (tertiary/aromatic N) is 6. The fourth-order valence-corrected chi connectivity index (χ4v) is 3.31. The molecule has 5 aromatic rings. The Balaban J connectivity index is 1.77. The van der Waals surface area contributed by atoms with Crippen molar-refractivity contribution < 1.29 is 9.50 Å². The number of nitrogen functional groups attached to an aromatic ring is 1. The van der Waals surface area contributed by atoms with Gasteiger partial charge in [0.2, 0.25) is 0 Å². The molecule has 0 aliphatic heterocycles. The van der Waals surface area contributed by atoms with Gasteiger partial charge in [-0.25, -0.2) is 24.3 Å². The average Bonchev–Trinajstić information content (AvgIpc) is 3.18. The molecule has 1 aromatic carbocycles. The van der Waals surface area contributed by atoms with E-state index in [1.165, 1.54) is 12.4 Å². The Hall–Kier alpha value is -4.24. The summed E-state index contributed by atoms with van der Waals surface area (Å²) < 4.78 is 15.1. The zero-order valence-electron chi connectivity index (χ0n) is 16.1. The minimum Gasteiger partial charge on any atom is -0.392 e. The molecular formula is C22H16FN7O. The maximum Gasteiger partial charge on any atom is 0.165 e. The van der Waals surface area contributed by atoms with Gasteiger partial charge in [0.15, 0.2) is 11.5 Å². The van der Waals surface area contributed by atoms with Crippen LogP contribution in [0.1, 0.15) is 5.56 Å². The lowest BCUT2D eigenvalue weighted by Gasteiger charge is -2.11. The van der Waals surface area contributed by atoms with Crippen molar-refractivity contribution in [1.29, 1.82) is 0 Å². The first-order valence-electron chi connectivity index (χ1n) is 9.41. The third kappa shape index (κ3) is 3.36. The van der Waals surface area contributed by atoms with Crippen molar-refractivity contribution in [3.63, 3.8) is 0 Å². The monoisotopic (exact) mass is 413 g/mol. The number of aromatic nitrogens is 6. The molecule has 0 amide bonds. The number of halogens is 1. The SMILES string of the molecule is Nc1ncncc1-c1nc2ccc(-c3ccc(F)cn3)nc2n1-c1ccc(CO)cc1. The van der Waals surface area contributed by atoms with E-state index in [-0.39, 0.29) is 6.61 Å². The van der Waals surface area contributed by atoms with Crippen LogP contribution in [0.2, 0.25) is 0 Å². The van der Waals surface area contributed by atoms with Gasteiger partial charge in [-0.15, -0.1) is 0 Å². The lowest BCUT2D eigenvalue weighted by molar-refractivity contribution is 0.282. The van der Waals surface area contributed by atoms with E-state index in [0.717, 1.165) is 17.4 Å². The van der Waals surface area contributed by atoms with E-state index in [0.29, 0.717) is 39.8 Å². The Kier molecular flexibility index (Phi) is 4.57. The Morgan fingerprint density at radius 2 is 1.71 bits per heavy atom. The van der Waals surface area contributed by atoms with Crippen LogP contribution in [-0.4, -0.2) is 34.6 Å². The molecule has 0 saturated heterocycles. The molecule has 4 aromatic heterocycles. The standard InChI is InChI=1S/C22H16FN7O/c23-14-3-6-17(26-9-14)18-7-8-19-22(28-18)30(15-4-1-13(11-31)2-5-15)21(29-19)16-10-25-12-27-20(16)24/h1-10,12,31H,11H2,(H2,24,25,27). The number of benzene rings is 1. The van der Waals surface area contributed by atoms with Crippen LogP contribution in [-0.2, 0) is 6.61 Å². The molecule has 31 heavy (non-hydrogen) atoms. The predicted octanol–water partition coefficient (Wildman–Crippen LogP) is 3.15. The molecule has 0 bridgehead atoms. The van der Waals surface area contributed by atoms with E-state index in [4.69, 9.17) is 15.7 Å². The van der Waals surface area contributed by atoms with Gasteiger partial charge in [-0.1, -0.05) is 12.1 Å². The van der Waals surface area contributed by atoms with Crippen LogP contribution >= 0.6 is 0 Å². The van der Waals surface area contributed by atoms with Crippen LogP contribution in [0.25, 0.3) is 39.6 Å². The van der Waals surface area contributed by atoms with Gasteiger partial charge in [0.25, 0.3) is 0 Å². The van der Waals surface area contributed by atoms with Crippen molar-refractivity contribution >= 4 is 17.0 Å². The van der Waals surface area contributed by atoms with Crippen molar-refractivity contribution in [1.82, 2.24) is 29.5 Å². The van der Waals surface area contributed by atoms with Gasteiger partial charge in [-0.2, -0.15) is 0 Å². The molecule has 0 fully saturated rings.